The number of imidazole rings is 1. The van der Waals surface area contributed by atoms with Crippen LogP contribution in [0.15, 0.2) is 29.3 Å². The molecule has 0 aliphatic carbocycles. The highest BCUT2D eigenvalue weighted by atomic mass is 16.5. The molecule has 2 aromatic heterocycles. The largest absolute Gasteiger partial charge is 0.377 e. The lowest BCUT2D eigenvalue weighted by Crippen LogP contribution is -2.47. The molecule has 3 heterocycles. The van der Waals surface area contributed by atoms with E-state index in [9.17, 15) is 0 Å². The van der Waals surface area contributed by atoms with Gasteiger partial charge >= 0.3 is 0 Å². The number of rotatable bonds is 7. The van der Waals surface area contributed by atoms with E-state index in [2.05, 4.69) is 37.6 Å². The van der Waals surface area contributed by atoms with Crippen molar-refractivity contribution in [3.63, 3.8) is 0 Å². The van der Waals surface area contributed by atoms with Gasteiger partial charge in [-0.1, -0.05) is 12.1 Å². The van der Waals surface area contributed by atoms with Gasteiger partial charge < -0.3 is 20.4 Å². The third-order valence-electron chi connectivity index (χ3n) is 4.92. The van der Waals surface area contributed by atoms with E-state index in [0.29, 0.717) is 13.2 Å². The Bertz CT molecular complexity index is 943. The molecular formula is C20H28N8O. The summed E-state index contributed by atoms with van der Waals surface area (Å²) in [4.78, 5) is 17.2. The van der Waals surface area contributed by atoms with E-state index in [1.54, 1.807) is 7.11 Å². The quantitative estimate of drug-likeness (QED) is 0.412. The molecule has 1 unspecified atom stereocenters. The second-order valence-electron chi connectivity index (χ2n) is 7.15. The Morgan fingerprint density at radius 2 is 2.24 bits per heavy atom. The molecule has 0 fully saturated rings. The SMILES string of the molecule is CCNC(=NCCc1nc2ccccc2[nH]1)NC1CCc2nc(COC)nn2C1. The highest BCUT2D eigenvalue weighted by Gasteiger charge is 2.22. The maximum Gasteiger partial charge on any atom is 0.191 e. The van der Waals surface area contributed by atoms with Gasteiger partial charge in [0.2, 0.25) is 0 Å². The number of para-hydroxylation sites is 2. The Labute approximate surface area is 170 Å². The Morgan fingerprint density at radius 3 is 3.07 bits per heavy atom. The molecule has 29 heavy (non-hydrogen) atoms. The zero-order chi connectivity index (χ0) is 20.1. The minimum Gasteiger partial charge on any atom is -0.377 e. The third kappa shape index (κ3) is 4.73. The van der Waals surface area contributed by atoms with Crippen LogP contribution < -0.4 is 10.6 Å². The van der Waals surface area contributed by atoms with Crippen molar-refractivity contribution in [1.29, 1.82) is 0 Å². The normalized spacial score (nSPS) is 16.8. The number of methoxy groups -OCH3 is 1. The van der Waals surface area contributed by atoms with Crippen molar-refractivity contribution in [2.45, 2.75) is 45.4 Å². The van der Waals surface area contributed by atoms with E-state index in [0.717, 1.165) is 66.8 Å². The van der Waals surface area contributed by atoms with Crippen LogP contribution in [0.3, 0.4) is 0 Å². The lowest BCUT2D eigenvalue weighted by Gasteiger charge is -2.25. The standard InChI is InChI=1S/C20H28N8O/c1-3-21-20(22-11-10-17-24-15-6-4-5-7-16(15)25-17)23-14-8-9-19-26-18(13-29-2)27-28(19)12-14/h4-7,14H,3,8-13H2,1-2H3,(H,24,25)(H2,21,22,23). The van der Waals surface area contributed by atoms with Crippen LogP contribution in [0.4, 0.5) is 0 Å². The minimum absolute atomic E-state index is 0.267. The summed E-state index contributed by atoms with van der Waals surface area (Å²) in [5, 5.41) is 11.4. The van der Waals surface area contributed by atoms with E-state index >= 15 is 0 Å². The molecule has 0 bridgehead atoms. The highest BCUT2D eigenvalue weighted by Crippen LogP contribution is 2.14. The van der Waals surface area contributed by atoms with Gasteiger partial charge in [0.15, 0.2) is 11.8 Å². The number of aromatic nitrogens is 5. The first-order valence-electron chi connectivity index (χ1n) is 10.1. The monoisotopic (exact) mass is 396 g/mol. The molecule has 3 N–H and O–H groups in total. The predicted molar refractivity (Wildman–Crippen MR) is 112 cm³/mol. The number of nitrogens with one attached hydrogen (secondary N) is 3. The Morgan fingerprint density at radius 1 is 1.34 bits per heavy atom. The molecule has 1 aliphatic rings. The van der Waals surface area contributed by atoms with E-state index in [1.807, 2.05) is 28.9 Å². The fraction of sp³-hybridized carbons (Fsp3) is 0.500. The number of hydrogen-bond acceptors (Lipinski definition) is 5. The Balaban J connectivity index is 1.35. The van der Waals surface area contributed by atoms with Gasteiger partial charge in [-0.15, -0.1) is 0 Å². The molecule has 9 heteroatoms. The van der Waals surface area contributed by atoms with Gasteiger partial charge in [0.05, 0.1) is 17.6 Å². The van der Waals surface area contributed by atoms with Gasteiger partial charge in [-0.25, -0.2) is 14.6 Å². The summed E-state index contributed by atoms with van der Waals surface area (Å²) in [5.41, 5.74) is 2.06. The van der Waals surface area contributed by atoms with Crippen LogP contribution in [0.2, 0.25) is 0 Å². The van der Waals surface area contributed by atoms with Crippen LogP contribution in [0.1, 0.15) is 30.8 Å². The number of H-pyrrole nitrogens is 1. The maximum absolute atomic E-state index is 5.14. The van der Waals surface area contributed by atoms with Crippen LogP contribution in [0.5, 0.6) is 0 Å². The van der Waals surface area contributed by atoms with Gasteiger partial charge in [-0.2, -0.15) is 5.10 Å². The lowest BCUT2D eigenvalue weighted by atomic mass is 10.1. The molecule has 0 saturated carbocycles. The van der Waals surface area contributed by atoms with E-state index in [1.165, 1.54) is 0 Å². The summed E-state index contributed by atoms with van der Waals surface area (Å²) in [6, 6.07) is 8.34. The molecule has 1 aliphatic heterocycles. The average molecular weight is 396 g/mol. The van der Waals surface area contributed by atoms with Crippen molar-refractivity contribution in [3.8, 4) is 0 Å². The van der Waals surface area contributed by atoms with Crippen LogP contribution in [-0.4, -0.2) is 56.9 Å². The van der Waals surface area contributed by atoms with Crippen LogP contribution in [-0.2, 0) is 30.7 Å². The number of aromatic amines is 1. The first kappa shape index (κ1) is 19.4. The van der Waals surface area contributed by atoms with Gasteiger partial charge in [-0.3, -0.25) is 4.99 Å². The van der Waals surface area contributed by atoms with Crippen molar-refractivity contribution in [1.82, 2.24) is 35.4 Å². The molecule has 154 valence electrons. The van der Waals surface area contributed by atoms with Gasteiger partial charge in [0.1, 0.15) is 18.3 Å². The number of nitrogens with zero attached hydrogens (tertiary/aromatic N) is 5. The summed E-state index contributed by atoms with van der Waals surface area (Å²) in [6.07, 6.45) is 2.66. The third-order valence-corrected chi connectivity index (χ3v) is 4.92. The number of ether oxygens (including phenoxy) is 1. The number of guanidine groups is 1. The van der Waals surface area contributed by atoms with Crippen molar-refractivity contribution in [2.75, 3.05) is 20.2 Å². The first-order valence-corrected chi connectivity index (χ1v) is 10.1. The molecule has 1 atom stereocenters. The van der Waals surface area contributed by atoms with Crippen LogP contribution in [0, 0.1) is 0 Å². The van der Waals surface area contributed by atoms with Gasteiger partial charge in [-0.05, 0) is 25.5 Å². The summed E-state index contributed by atoms with van der Waals surface area (Å²) < 4.78 is 7.12. The summed E-state index contributed by atoms with van der Waals surface area (Å²) in [5.74, 6) is 3.56. The second-order valence-corrected chi connectivity index (χ2v) is 7.15. The Kier molecular flexibility index (Phi) is 6.04. The summed E-state index contributed by atoms with van der Waals surface area (Å²) >= 11 is 0. The molecule has 9 nitrogen and oxygen atoms in total. The highest BCUT2D eigenvalue weighted by molar-refractivity contribution is 5.80. The van der Waals surface area contributed by atoms with Gasteiger partial charge in [0, 0.05) is 39.1 Å². The second kappa shape index (κ2) is 9.04. The lowest BCUT2D eigenvalue weighted by molar-refractivity contribution is 0.177. The van der Waals surface area contributed by atoms with Crippen molar-refractivity contribution in [2.24, 2.45) is 4.99 Å². The molecule has 1 aromatic carbocycles. The molecule has 4 rings (SSSR count). The smallest absolute Gasteiger partial charge is 0.191 e. The van der Waals surface area contributed by atoms with Crippen LogP contribution >= 0.6 is 0 Å². The van der Waals surface area contributed by atoms with Crippen LogP contribution in [0.25, 0.3) is 11.0 Å². The molecule has 0 saturated heterocycles. The number of hydrogen-bond donors (Lipinski definition) is 3. The summed E-state index contributed by atoms with van der Waals surface area (Å²) in [7, 11) is 1.66. The number of aryl methyl sites for hydroxylation is 1. The van der Waals surface area contributed by atoms with E-state index in [4.69, 9.17) is 9.73 Å². The number of aliphatic imine (C=N–C) groups is 1. The first-order chi connectivity index (χ1) is 14.2. The molecule has 3 aromatic rings. The van der Waals surface area contributed by atoms with Crippen molar-refractivity contribution >= 4 is 17.0 Å². The molecule has 0 radical (unpaired) electrons. The number of benzene rings is 1. The zero-order valence-corrected chi connectivity index (χ0v) is 17.0. The van der Waals surface area contributed by atoms with Crippen molar-refractivity contribution in [3.05, 3.63) is 41.7 Å². The van der Waals surface area contributed by atoms with E-state index in [-0.39, 0.29) is 6.04 Å². The fourth-order valence-electron chi connectivity index (χ4n) is 3.58. The number of fused-ring (bicyclic) bond motifs is 2. The average Bonchev–Trinajstić information content (AvgIpc) is 3.31. The molecule has 0 spiro atoms. The summed E-state index contributed by atoms with van der Waals surface area (Å²) in [6.45, 7) is 4.78. The zero-order valence-electron chi connectivity index (χ0n) is 17.0. The van der Waals surface area contributed by atoms with E-state index < -0.39 is 0 Å². The minimum atomic E-state index is 0.267. The van der Waals surface area contributed by atoms with Crippen molar-refractivity contribution < 1.29 is 4.74 Å². The van der Waals surface area contributed by atoms with Gasteiger partial charge in [0.25, 0.3) is 0 Å². The predicted octanol–water partition coefficient (Wildman–Crippen LogP) is 1.41. The molecular weight excluding hydrogens is 368 g/mol. The fourth-order valence-corrected chi connectivity index (χ4v) is 3.58. The topological polar surface area (TPSA) is 105 Å². The molecule has 0 amide bonds. The Hall–Kier alpha value is -2.94. The maximum atomic E-state index is 5.14.